The van der Waals surface area contributed by atoms with Crippen molar-refractivity contribution in [3.05, 3.63) is 29.6 Å². The Bertz CT molecular complexity index is 568. The second kappa shape index (κ2) is 5.16. The summed E-state index contributed by atoms with van der Waals surface area (Å²) in [5.74, 6) is -0.503. The van der Waals surface area contributed by atoms with E-state index in [9.17, 15) is 12.8 Å². The molecular weight excluding hydrogens is 271 g/mol. The molecule has 7 heteroatoms. The van der Waals surface area contributed by atoms with Crippen LogP contribution < -0.4 is 10.5 Å². The Morgan fingerprint density at radius 2 is 2.26 bits per heavy atom. The Morgan fingerprint density at radius 1 is 1.53 bits per heavy atom. The highest BCUT2D eigenvalue weighted by Crippen LogP contribution is 2.22. The van der Waals surface area contributed by atoms with Crippen molar-refractivity contribution in [2.75, 3.05) is 13.2 Å². The van der Waals surface area contributed by atoms with Crippen LogP contribution in [0.1, 0.15) is 18.9 Å². The molecule has 0 aromatic heterocycles. The van der Waals surface area contributed by atoms with E-state index in [0.29, 0.717) is 19.6 Å². The molecule has 1 fully saturated rings. The van der Waals surface area contributed by atoms with Gasteiger partial charge in [0.2, 0.25) is 10.0 Å². The summed E-state index contributed by atoms with van der Waals surface area (Å²) in [4.78, 5) is 0.0162. The molecule has 5 nitrogen and oxygen atoms in total. The van der Waals surface area contributed by atoms with E-state index in [-0.39, 0.29) is 17.0 Å². The topological polar surface area (TPSA) is 81.4 Å². The molecule has 1 saturated heterocycles. The fourth-order valence-corrected chi connectivity index (χ4v) is 3.48. The fraction of sp³-hybridized carbons (Fsp3) is 0.500. The van der Waals surface area contributed by atoms with Crippen molar-refractivity contribution in [2.45, 2.75) is 30.3 Å². The Balaban J connectivity index is 2.29. The summed E-state index contributed by atoms with van der Waals surface area (Å²) in [6.07, 6.45) is 0.608. The zero-order valence-corrected chi connectivity index (χ0v) is 11.5. The standard InChI is InChI=1S/C12H17FN2O3S/c1-12(4-5-18-8-12)15-19(16,17)10-2-3-11(13)9(6-10)7-14/h2-3,6,15H,4-5,7-8,14H2,1H3. The number of sulfonamides is 1. The van der Waals surface area contributed by atoms with Gasteiger partial charge in [-0.05, 0) is 31.5 Å². The quantitative estimate of drug-likeness (QED) is 0.856. The monoisotopic (exact) mass is 288 g/mol. The van der Waals surface area contributed by atoms with E-state index in [0.717, 1.165) is 6.07 Å². The average Bonchev–Trinajstić information content (AvgIpc) is 2.75. The number of hydrogen-bond donors (Lipinski definition) is 2. The van der Waals surface area contributed by atoms with Crippen LogP contribution in [0.2, 0.25) is 0 Å². The van der Waals surface area contributed by atoms with Crippen molar-refractivity contribution in [3.8, 4) is 0 Å². The molecule has 0 bridgehead atoms. The van der Waals surface area contributed by atoms with Gasteiger partial charge in [-0.15, -0.1) is 0 Å². The second-order valence-corrected chi connectivity index (χ2v) is 6.61. The zero-order chi connectivity index (χ0) is 14.1. The van der Waals surface area contributed by atoms with Gasteiger partial charge in [-0.3, -0.25) is 0 Å². The minimum Gasteiger partial charge on any atom is -0.379 e. The van der Waals surface area contributed by atoms with E-state index >= 15 is 0 Å². The van der Waals surface area contributed by atoms with E-state index in [2.05, 4.69) is 4.72 Å². The summed E-state index contributed by atoms with van der Waals surface area (Å²) in [6.45, 7) is 2.59. The fourth-order valence-electron chi connectivity index (χ4n) is 2.01. The van der Waals surface area contributed by atoms with Gasteiger partial charge in [0.05, 0.1) is 17.0 Å². The number of hydrogen-bond acceptors (Lipinski definition) is 4. The first-order chi connectivity index (χ1) is 8.86. The van der Waals surface area contributed by atoms with Crippen LogP contribution in [0.3, 0.4) is 0 Å². The highest BCUT2D eigenvalue weighted by Gasteiger charge is 2.34. The summed E-state index contributed by atoms with van der Waals surface area (Å²) in [5, 5.41) is 0. The van der Waals surface area contributed by atoms with E-state index < -0.39 is 21.4 Å². The molecule has 0 radical (unpaired) electrons. The van der Waals surface area contributed by atoms with Gasteiger partial charge in [0.25, 0.3) is 0 Å². The SMILES string of the molecule is CC1(NS(=O)(=O)c2ccc(F)c(CN)c2)CCOC1. The van der Waals surface area contributed by atoms with Gasteiger partial charge < -0.3 is 10.5 Å². The number of ether oxygens (including phenoxy) is 1. The first kappa shape index (κ1) is 14.4. The molecule has 1 atom stereocenters. The van der Waals surface area contributed by atoms with Gasteiger partial charge in [-0.25, -0.2) is 17.5 Å². The molecule has 0 spiro atoms. The smallest absolute Gasteiger partial charge is 0.241 e. The summed E-state index contributed by atoms with van der Waals surface area (Å²) in [7, 11) is -3.70. The zero-order valence-electron chi connectivity index (χ0n) is 10.6. The van der Waals surface area contributed by atoms with Crippen LogP contribution in [0.4, 0.5) is 4.39 Å². The Morgan fingerprint density at radius 3 is 2.84 bits per heavy atom. The number of nitrogens with two attached hydrogens (primary N) is 1. The maximum Gasteiger partial charge on any atom is 0.241 e. The lowest BCUT2D eigenvalue weighted by Gasteiger charge is -2.23. The molecule has 3 N–H and O–H groups in total. The molecule has 1 aliphatic heterocycles. The Hall–Kier alpha value is -1.02. The summed E-state index contributed by atoms with van der Waals surface area (Å²) < 4.78 is 45.6. The molecule has 0 amide bonds. The number of rotatable bonds is 4. The van der Waals surface area contributed by atoms with Crippen LogP contribution in [-0.2, 0) is 21.3 Å². The predicted octanol–water partition coefficient (Wildman–Crippen LogP) is 0.742. The van der Waals surface area contributed by atoms with Crippen LogP contribution >= 0.6 is 0 Å². The molecule has 1 aromatic rings. The van der Waals surface area contributed by atoms with Gasteiger partial charge in [0, 0.05) is 18.7 Å². The van der Waals surface area contributed by atoms with Crippen LogP contribution in [0.5, 0.6) is 0 Å². The third-order valence-corrected chi connectivity index (χ3v) is 4.78. The van der Waals surface area contributed by atoms with E-state index in [4.69, 9.17) is 10.5 Å². The van der Waals surface area contributed by atoms with Gasteiger partial charge in [-0.2, -0.15) is 0 Å². The van der Waals surface area contributed by atoms with E-state index in [1.54, 1.807) is 6.92 Å². The molecular formula is C12H17FN2O3S. The van der Waals surface area contributed by atoms with Crippen LogP contribution in [-0.4, -0.2) is 27.2 Å². The third-order valence-electron chi connectivity index (χ3n) is 3.15. The minimum atomic E-state index is -3.70. The first-order valence-corrected chi connectivity index (χ1v) is 7.45. The lowest BCUT2D eigenvalue weighted by molar-refractivity contribution is 0.178. The van der Waals surface area contributed by atoms with Crippen molar-refractivity contribution < 1.29 is 17.5 Å². The highest BCUT2D eigenvalue weighted by molar-refractivity contribution is 7.89. The van der Waals surface area contributed by atoms with Crippen molar-refractivity contribution in [2.24, 2.45) is 5.73 Å². The van der Waals surface area contributed by atoms with E-state index in [1.807, 2.05) is 0 Å². The molecule has 0 aliphatic carbocycles. The van der Waals surface area contributed by atoms with Crippen LogP contribution in [0.15, 0.2) is 23.1 Å². The minimum absolute atomic E-state index is 0.0162. The summed E-state index contributed by atoms with van der Waals surface area (Å²) in [6, 6.07) is 3.61. The normalized spacial score (nSPS) is 23.7. The van der Waals surface area contributed by atoms with Gasteiger partial charge in [-0.1, -0.05) is 0 Å². The van der Waals surface area contributed by atoms with Crippen molar-refractivity contribution >= 4 is 10.0 Å². The van der Waals surface area contributed by atoms with Gasteiger partial charge in [0.1, 0.15) is 5.82 Å². The highest BCUT2D eigenvalue weighted by atomic mass is 32.2. The number of benzene rings is 1. The molecule has 2 rings (SSSR count). The molecule has 106 valence electrons. The lowest BCUT2D eigenvalue weighted by atomic mass is 10.0. The van der Waals surface area contributed by atoms with Crippen LogP contribution in [0, 0.1) is 5.82 Å². The van der Waals surface area contributed by atoms with E-state index in [1.165, 1.54) is 12.1 Å². The summed E-state index contributed by atoms with van der Waals surface area (Å²) in [5.41, 5.74) is 4.94. The molecule has 1 aromatic carbocycles. The van der Waals surface area contributed by atoms with Crippen molar-refractivity contribution in [1.82, 2.24) is 4.72 Å². The largest absolute Gasteiger partial charge is 0.379 e. The Labute approximate surface area is 112 Å². The first-order valence-electron chi connectivity index (χ1n) is 5.96. The lowest BCUT2D eigenvalue weighted by Crippen LogP contribution is -2.46. The maximum atomic E-state index is 13.3. The second-order valence-electron chi connectivity index (χ2n) is 4.93. The van der Waals surface area contributed by atoms with Gasteiger partial charge >= 0.3 is 0 Å². The Kier molecular flexibility index (Phi) is 3.91. The molecule has 0 saturated carbocycles. The number of nitrogens with one attached hydrogen (secondary N) is 1. The molecule has 1 heterocycles. The summed E-state index contributed by atoms with van der Waals surface area (Å²) >= 11 is 0. The predicted molar refractivity (Wildman–Crippen MR) is 68.5 cm³/mol. The third kappa shape index (κ3) is 3.11. The van der Waals surface area contributed by atoms with Crippen molar-refractivity contribution in [3.63, 3.8) is 0 Å². The van der Waals surface area contributed by atoms with Crippen LogP contribution in [0.25, 0.3) is 0 Å². The molecule has 1 unspecified atom stereocenters. The van der Waals surface area contributed by atoms with Gasteiger partial charge in [0.15, 0.2) is 0 Å². The van der Waals surface area contributed by atoms with Crippen molar-refractivity contribution in [1.29, 1.82) is 0 Å². The number of halogens is 1. The molecule has 19 heavy (non-hydrogen) atoms. The molecule has 1 aliphatic rings. The maximum absolute atomic E-state index is 13.3. The average molecular weight is 288 g/mol.